The summed E-state index contributed by atoms with van der Waals surface area (Å²) in [6.45, 7) is 7.49. The smallest absolute Gasteiger partial charge is 0.191 e. The third kappa shape index (κ3) is 7.93. The number of thioether (sulfide) groups is 1. The average Bonchev–Trinajstić information content (AvgIpc) is 2.53. The molecular weight excluding hydrogens is 409 g/mol. The highest BCUT2D eigenvalue weighted by atomic mass is 127. The Kier molecular flexibility index (Phi) is 12.1. The monoisotopic (exact) mass is 435 g/mol. The van der Waals surface area contributed by atoms with Gasteiger partial charge in [-0.25, -0.2) is 0 Å². The first kappa shape index (κ1) is 21.1. The van der Waals surface area contributed by atoms with Crippen LogP contribution in [0.1, 0.15) is 6.92 Å². The molecule has 0 aliphatic rings. The van der Waals surface area contributed by atoms with E-state index in [1.165, 1.54) is 4.90 Å². The zero-order valence-electron chi connectivity index (χ0n) is 13.5. The third-order valence-corrected chi connectivity index (χ3v) is 4.23. The van der Waals surface area contributed by atoms with Crippen LogP contribution >= 0.6 is 35.7 Å². The number of para-hydroxylation sites is 1. The van der Waals surface area contributed by atoms with Gasteiger partial charge in [-0.05, 0) is 18.1 Å². The lowest BCUT2D eigenvalue weighted by atomic mass is 10.2. The fourth-order valence-corrected chi connectivity index (χ4v) is 2.74. The number of hydrogen-bond acceptors (Lipinski definition) is 3. The highest BCUT2D eigenvalue weighted by Crippen LogP contribution is 2.29. The van der Waals surface area contributed by atoms with E-state index in [-0.39, 0.29) is 24.0 Å². The molecule has 4 nitrogen and oxygen atoms in total. The first-order valence-corrected chi connectivity index (χ1v) is 8.01. The molecule has 0 bridgehead atoms. The van der Waals surface area contributed by atoms with E-state index in [2.05, 4.69) is 35.2 Å². The van der Waals surface area contributed by atoms with Crippen molar-refractivity contribution in [1.82, 2.24) is 10.6 Å². The molecule has 2 N–H and O–H groups in total. The molecule has 1 unspecified atom stereocenters. The van der Waals surface area contributed by atoms with E-state index in [0.717, 1.165) is 24.0 Å². The minimum atomic E-state index is 0. The fraction of sp³-hybridized carbons (Fsp3) is 0.438. The van der Waals surface area contributed by atoms with Crippen LogP contribution in [0.25, 0.3) is 0 Å². The largest absolute Gasteiger partial charge is 0.496 e. The van der Waals surface area contributed by atoms with Crippen molar-refractivity contribution in [3.8, 4) is 5.75 Å². The van der Waals surface area contributed by atoms with Gasteiger partial charge in [0.15, 0.2) is 5.96 Å². The van der Waals surface area contributed by atoms with Gasteiger partial charge in [0, 0.05) is 30.8 Å². The lowest BCUT2D eigenvalue weighted by Gasteiger charge is -2.16. The molecule has 0 aromatic heterocycles. The van der Waals surface area contributed by atoms with Crippen LogP contribution in [0.3, 0.4) is 0 Å². The number of aliphatic imine (C=N–C) groups is 1. The van der Waals surface area contributed by atoms with E-state index in [0.29, 0.717) is 12.5 Å². The lowest BCUT2D eigenvalue weighted by Crippen LogP contribution is -2.39. The number of hydrogen-bond donors (Lipinski definition) is 2. The van der Waals surface area contributed by atoms with Gasteiger partial charge in [0.2, 0.25) is 0 Å². The van der Waals surface area contributed by atoms with Gasteiger partial charge in [-0.1, -0.05) is 25.1 Å². The minimum Gasteiger partial charge on any atom is -0.496 e. The van der Waals surface area contributed by atoms with E-state index in [1.54, 1.807) is 14.2 Å². The first-order chi connectivity index (χ1) is 10.2. The highest BCUT2D eigenvalue weighted by Gasteiger charge is 2.07. The van der Waals surface area contributed by atoms with E-state index >= 15 is 0 Å². The van der Waals surface area contributed by atoms with Gasteiger partial charge in [0.05, 0.1) is 7.11 Å². The average molecular weight is 435 g/mol. The van der Waals surface area contributed by atoms with E-state index in [4.69, 9.17) is 4.74 Å². The zero-order valence-corrected chi connectivity index (χ0v) is 16.6. The molecule has 0 radical (unpaired) electrons. The second-order valence-electron chi connectivity index (χ2n) is 4.69. The second kappa shape index (κ2) is 12.6. The molecule has 1 aromatic carbocycles. The number of rotatable bonds is 8. The Labute approximate surface area is 155 Å². The quantitative estimate of drug-likeness (QED) is 0.216. The molecule has 0 spiro atoms. The first-order valence-electron chi connectivity index (χ1n) is 7.02. The Morgan fingerprint density at radius 2 is 2.14 bits per heavy atom. The van der Waals surface area contributed by atoms with E-state index in [9.17, 15) is 0 Å². The Hall–Kier alpha value is -0.890. The number of benzene rings is 1. The Balaban J connectivity index is 0.00000441. The van der Waals surface area contributed by atoms with Gasteiger partial charge in [0.1, 0.15) is 5.75 Å². The summed E-state index contributed by atoms with van der Waals surface area (Å²) in [6.07, 6.45) is 1.81. The Bertz CT molecular complexity index is 468. The van der Waals surface area contributed by atoms with Crippen molar-refractivity contribution in [1.29, 1.82) is 0 Å². The summed E-state index contributed by atoms with van der Waals surface area (Å²) in [5.74, 6) is 3.28. The Morgan fingerprint density at radius 1 is 1.41 bits per heavy atom. The van der Waals surface area contributed by atoms with Crippen molar-refractivity contribution in [3.63, 3.8) is 0 Å². The van der Waals surface area contributed by atoms with Crippen molar-refractivity contribution in [2.45, 2.75) is 11.8 Å². The normalized spacial score (nSPS) is 12.0. The summed E-state index contributed by atoms with van der Waals surface area (Å²) in [5.41, 5.74) is 0. The third-order valence-electron chi connectivity index (χ3n) is 2.85. The predicted octanol–water partition coefficient (Wildman–Crippen LogP) is 3.39. The van der Waals surface area contributed by atoms with Crippen molar-refractivity contribution < 1.29 is 4.74 Å². The number of methoxy groups -OCH3 is 1. The molecule has 0 saturated carbocycles. The fourth-order valence-electron chi connectivity index (χ4n) is 1.69. The molecule has 0 fully saturated rings. The highest BCUT2D eigenvalue weighted by molar-refractivity contribution is 14.0. The van der Waals surface area contributed by atoms with Crippen LogP contribution in [-0.4, -0.2) is 39.0 Å². The van der Waals surface area contributed by atoms with Crippen molar-refractivity contribution >= 4 is 41.7 Å². The number of ether oxygens (including phenoxy) is 1. The molecule has 1 rings (SSSR count). The van der Waals surface area contributed by atoms with Crippen LogP contribution in [0.4, 0.5) is 0 Å². The molecule has 1 atom stereocenters. The molecule has 1 aromatic rings. The summed E-state index contributed by atoms with van der Waals surface area (Å²) < 4.78 is 5.36. The maximum Gasteiger partial charge on any atom is 0.191 e. The van der Waals surface area contributed by atoms with Gasteiger partial charge < -0.3 is 15.4 Å². The number of nitrogens with zero attached hydrogens (tertiary/aromatic N) is 1. The maximum atomic E-state index is 5.36. The van der Waals surface area contributed by atoms with Gasteiger partial charge in [-0.3, -0.25) is 4.99 Å². The maximum absolute atomic E-state index is 5.36. The standard InChI is InChI=1S/C16H25N3OS.HI/c1-5-10-18-16(17-3)19-11-13(2)12-21-15-9-7-6-8-14(15)20-4;/h5-9,13H,1,10-12H2,2-4H3,(H2,17,18,19);1H. The summed E-state index contributed by atoms with van der Waals surface area (Å²) >= 11 is 1.82. The van der Waals surface area contributed by atoms with Gasteiger partial charge in [-0.2, -0.15) is 0 Å². The van der Waals surface area contributed by atoms with Crippen LogP contribution < -0.4 is 15.4 Å². The minimum absolute atomic E-state index is 0. The molecule has 0 saturated heterocycles. The predicted molar refractivity (Wildman–Crippen MR) is 108 cm³/mol. The van der Waals surface area contributed by atoms with Crippen LogP contribution in [0.2, 0.25) is 0 Å². The molecular formula is C16H26IN3OS. The summed E-state index contributed by atoms with van der Waals surface area (Å²) in [4.78, 5) is 5.34. The zero-order chi connectivity index (χ0) is 15.5. The number of nitrogens with one attached hydrogen (secondary N) is 2. The molecule has 0 aliphatic carbocycles. The van der Waals surface area contributed by atoms with E-state index in [1.807, 2.05) is 36.0 Å². The molecule has 0 heterocycles. The lowest BCUT2D eigenvalue weighted by molar-refractivity contribution is 0.405. The van der Waals surface area contributed by atoms with Crippen LogP contribution in [-0.2, 0) is 0 Å². The second-order valence-corrected chi connectivity index (χ2v) is 5.75. The van der Waals surface area contributed by atoms with Crippen molar-refractivity contribution in [2.24, 2.45) is 10.9 Å². The molecule has 124 valence electrons. The topological polar surface area (TPSA) is 45.7 Å². The molecule has 0 aliphatic heterocycles. The number of guanidine groups is 1. The summed E-state index contributed by atoms with van der Waals surface area (Å²) in [7, 11) is 3.48. The molecule has 6 heteroatoms. The van der Waals surface area contributed by atoms with Crippen molar-refractivity contribution in [3.05, 3.63) is 36.9 Å². The van der Waals surface area contributed by atoms with Gasteiger partial charge in [-0.15, -0.1) is 42.3 Å². The van der Waals surface area contributed by atoms with Crippen molar-refractivity contribution in [2.75, 3.05) is 33.0 Å². The summed E-state index contributed by atoms with van der Waals surface area (Å²) in [5, 5.41) is 6.48. The van der Waals surface area contributed by atoms with Crippen LogP contribution in [0.5, 0.6) is 5.75 Å². The summed E-state index contributed by atoms with van der Waals surface area (Å²) in [6, 6.07) is 8.11. The SMILES string of the molecule is C=CCNC(=NC)NCC(C)CSc1ccccc1OC.I. The Morgan fingerprint density at radius 3 is 2.77 bits per heavy atom. The van der Waals surface area contributed by atoms with Crippen LogP contribution in [0, 0.1) is 5.92 Å². The molecule has 0 amide bonds. The van der Waals surface area contributed by atoms with Gasteiger partial charge >= 0.3 is 0 Å². The van der Waals surface area contributed by atoms with Gasteiger partial charge in [0.25, 0.3) is 0 Å². The number of halogens is 1. The van der Waals surface area contributed by atoms with Crippen LogP contribution in [0.15, 0.2) is 46.8 Å². The molecule has 22 heavy (non-hydrogen) atoms. The van der Waals surface area contributed by atoms with E-state index < -0.39 is 0 Å².